The predicted molar refractivity (Wildman–Crippen MR) is 75.1 cm³/mol. The van der Waals surface area contributed by atoms with Gasteiger partial charge in [0.25, 0.3) is 0 Å². The average molecular weight is 248 g/mol. The Bertz CT molecular complexity index is 681. The van der Waals surface area contributed by atoms with E-state index in [9.17, 15) is 0 Å². The zero-order chi connectivity index (χ0) is 13.1. The number of nitrogens with two attached hydrogens (primary N) is 1. The van der Waals surface area contributed by atoms with E-state index in [4.69, 9.17) is 5.73 Å². The van der Waals surface area contributed by atoms with Gasteiger partial charge < -0.3 is 5.73 Å². The normalized spacial score (nSPS) is 10.3. The van der Waals surface area contributed by atoms with Crippen LogP contribution < -0.4 is 5.73 Å². The maximum absolute atomic E-state index is 5.80. The average Bonchev–Trinajstić information content (AvgIpc) is 2.49. The molecule has 0 aliphatic rings. The summed E-state index contributed by atoms with van der Waals surface area (Å²) < 4.78 is 0. The predicted octanol–water partition coefficient (Wildman–Crippen LogP) is 2.79. The number of nitrogen functional groups attached to an aromatic ring is 1. The number of nitrogens with zero attached hydrogens (tertiary/aromatic N) is 3. The van der Waals surface area contributed by atoms with Crippen molar-refractivity contribution in [3.63, 3.8) is 0 Å². The molecule has 0 saturated heterocycles. The summed E-state index contributed by atoms with van der Waals surface area (Å²) in [5.41, 5.74) is 9.65. The van der Waals surface area contributed by atoms with Crippen molar-refractivity contribution in [1.29, 1.82) is 0 Å². The number of hydrogen-bond donors (Lipinski definition) is 1. The molecule has 0 amide bonds. The minimum atomic E-state index is 0.497. The van der Waals surface area contributed by atoms with E-state index in [1.54, 1.807) is 30.9 Å². The zero-order valence-electron chi connectivity index (χ0n) is 10.2. The maximum Gasteiger partial charge on any atom is 0.124 e. The van der Waals surface area contributed by atoms with Gasteiger partial charge in [0.15, 0.2) is 0 Å². The van der Waals surface area contributed by atoms with E-state index < -0.39 is 0 Å². The third-order valence-corrected chi connectivity index (χ3v) is 2.84. The van der Waals surface area contributed by atoms with Crippen LogP contribution in [0.4, 0.5) is 5.82 Å². The molecule has 0 aliphatic carbocycles. The van der Waals surface area contributed by atoms with Crippen molar-refractivity contribution in [2.45, 2.75) is 0 Å². The smallest absolute Gasteiger partial charge is 0.124 e. The Morgan fingerprint density at radius 3 is 2.37 bits per heavy atom. The lowest BCUT2D eigenvalue weighted by Crippen LogP contribution is -1.95. The Morgan fingerprint density at radius 2 is 1.63 bits per heavy atom. The van der Waals surface area contributed by atoms with Crippen LogP contribution in [0, 0.1) is 0 Å². The van der Waals surface area contributed by atoms with Gasteiger partial charge in [-0.05, 0) is 42.0 Å². The van der Waals surface area contributed by atoms with Crippen molar-refractivity contribution < 1.29 is 0 Å². The van der Waals surface area contributed by atoms with Gasteiger partial charge in [0, 0.05) is 35.9 Å². The van der Waals surface area contributed by atoms with Gasteiger partial charge in [-0.3, -0.25) is 9.97 Å². The highest BCUT2D eigenvalue weighted by molar-refractivity contribution is 5.81. The van der Waals surface area contributed by atoms with Crippen LogP contribution in [0.15, 0.2) is 61.2 Å². The van der Waals surface area contributed by atoms with E-state index in [2.05, 4.69) is 15.0 Å². The van der Waals surface area contributed by atoms with E-state index in [1.165, 1.54) is 0 Å². The summed E-state index contributed by atoms with van der Waals surface area (Å²) in [5, 5.41) is 0. The Hall–Kier alpha value is -2.75. The Morgan fingerprint density at radius 1 is 0.789 bits per heavy atom. The van der Waals surface area contributed by atoms with Gasteiger partial charge >= 0.3 is 0 Å². The molecule has 2 N–H and O–H groups in total. The molecular formula is C15H12N4. The molecule has 0 aliphatic heterocycles. The molecule has 0 atom stereocenters. The van der Waals surface area contributed by atoms with E-state index in [-0.39, 0.29) is 0 Å². The fraction of sp³-hybridized carbons (Fsp3) is 0. The first kappa shape index (κ1) is 11.3. The zero-order valence-corrected chi connectivity index (χ0v) is 10.2. The summed E-state index contributed by atoms with van der Waals surface area (Å²) in [4.78, 5) is 12.6. The van der Waals surface area contributed by atoms with Crippen LogP contribution in [-0.2, 0) is 0 Å². The highest BCUT2D eigenvalue weighted by Gasteiger charge is 2.09. The molecule has 0 unspecified atom stereocenters. The van der Waals surface area contributed by atoms with Crippen molar-refractivity contribution in [2.75, 3.05) is 5.73 Å². The summed E-state index contributed by atoms with van der Waals surface area (Å²) in [7, 11) is 0. The minimum Gasteiger partial charge on any atom is -0.384 e. The second-order valence-electron chi connectivity index (χ2n) is 4.11. The lowest BCUT2D eigenvalue weighted by atomic mass is 10.0. The molecule has 0 saturated carbocycles. The number of rotatable bonds is 2. The van der Waals surface area contributed by atoms with Crippen LogP contribution in [0.3, 0.4) is 0 Å². The molecule has 19 heavy (non-hydrogen) atoms. The highest BCUT2D eigenvalue weighted by Crippen LogP contribution is 2.30. The lowest BCUT2D eigenvalue weighted by molar-refractivity contribution is 1.28. The molecule has 0 radical (unpaired) electrons. The molecule has 92 valence electrons. The first-order chi connectivity index (χ1) is 9.34. The van der Waals surface area contributed by atoms with Gasteiger partial charge in [0.2, 0.25) is 0 Å². The van der Waals surface area contributed by atoms with E-state index >= 15 is 0 Å². The number of hydrogen-bond acceptors (Lipinski definition) is 4. The summed E-state index contributed by atoms with van der Waals surface area (Å²) in [6.07, 6.45) is 7.05. The van der Waals surface area contributed by atoms with Crippen LogP contribution in [-0.4, -0.2) is 15.0 Å². The van der Waals surface area contributed by atoms with Crippen LogP contribution >= 0.6 is 0 Å². The summed E-state index contributed by atoms with van der Waals surface area (Å²) in [5.74, 6) is 0.497. The molecule has 0 fully saturated rings. The van der Waals surface area contributed by atoms with Crippen molar-refractivity contribution in [2.24, 2.45) is 0 Å². The summed E-state index contributed by atoms with van der Waals surface area (Å²) in [6, 6.07) is 11.5. The molecule has 0 bridgehead atoms. The first-order valence-corrected chi connectivity index (χ1v) is 5.92. The third-order valence-electron chi connectivity index (χ3n) is 2.84. The molecule has 3 rings (SSSR count). The van der Waals surface area contributed by atoms with Crippen LogP contribution in [0.5, 0.6) is 0 Å². The number of anilines is 1. The lowest BCUT2D eigenvalue weighted by Gasteiger charge is -2.09. The Labute approximate surface area is 111 Å². The standard InChI is InChI=1S/C15H12N4/c16-14-4-3-13(11-5-8-17-9-6-11)15(19-14)12-2-1-7-18-10-12/h1-10H,(H2,16,19). The number of pyridine rings is 3. The quantitative estimate of drug-likeness (QED) is 0.757. The molecule has 3 heterocycles. The molecule has 0 aromatic carbocycles. The van der Waals surface area contributed by atoms with Crippen molar-refractivity contribution in [1.82, 2.24) is 15.0 Å². The van der Waals surface area contributed by atoms with Gasteiger partial charge in [-0.2, -0.15) is 0 Å². The van der Waals surface area contributed by atoms with Gasteiger partial charge in [-0.25, -0.2) is 4.98 Å². The monoisotopic (exact) mass is 248 g/mol. The van der Waals surface area contributed by atoms with Gasteiger partial charge in [-0.1, -0.05) is 0 Å². The van der Waals surface area contributed by atoms with E-state index in [0.717, 1.165) is 22.4 Å². The molecule has 3 aromatic heterocycles. The van der Waals surface area contributed by atoms with Crippen LogP contribution in [0.25, 0.3) is 22.4 Å². The van der Waals surface area contributed by atoms with Crippen LogP contribution in [0.1, 0.15) is 0 Å². The Kier molecular flexibility index (Phi) is 2.90. The Balaban J connectivity index is 2.21. The molecule has 4 nitrogen and oxygen atoms in total. The highest BCUT2D eigenvalue weighted by atomic mass is 14.8. The largest absolute Gasteiger partial charge is 0.384 e. The molecular weight excluding hydrogens is 236 g/mol. The van der Waals surface area contributed by atoms with E-state index in [0.29, 0.717) is 5.82 Å². The molecule has 4 heteroatoms. The topological polar surface area (TPSA) is 64.7 Å². The van der Waals surface area contributed by atoms with Crippen molar-refractivity contribution in [3.05, 3.63) is 61.2 Å². The number of aromatic nitrogens is 3. The first-order valence-electron chi connectivity index (χ1n) is 5.92. The van der Waals surface area contributed by atoms with Gasteiger partial charge in [0.05, 0.1) is 5.69 Å². The van der Waals surface area contributed by atoms with Crippen molar-refractivity contribution in [3.8, 4) is 22.4 Å². The molecule has 3 aromatic rings. The third kappa shape index (κ3) is 2.28. The summed E-state index contributed by atoms with van der Waals surface area (Å²) >= 11 is 0. The summed E-state index contributed by atoms with van der Waals surface area (Å²) in [6.45, 7) is 0. The molecule has 0 spiro atoms. The minimum absolute atomic E-state index is 0.497. The van der Waals surface area contributed by atoms with Gasteiger partial charge in [-0.15, -0.1) is 0 Å². The van der Waals surface area contributed by atoms with Gasteiger partial charge in [0.1, 0.15) is 5.82 Å². The van der Waals surface area contributed by atoms with Crippen LogP contribution in [0.2, 0.25) is 0 Å². The SMILES string of the molecule is Nc1ccc(-c2ccncc2)c(-c2cccnc2)n1. The maximum atomic E-state index is 5.80. The fourth-order valence-electron chi connectivity index (χ4n) is 1.96. The second-order valence-corrected chi connectivity index (χ2v) is 4.11. The fourth-order valence-corrected chi connectivity index (χ4v) is 1.96. The van der Waals surface area contributed by atoms with Crippen molar-refractivity contribution >= 4 is 5.82 Å². The second kappa shape index (κ2) is 4.86. The van der Waals surface area contributed by atoms with E-state index in [1.807, 2.05) is 30.3 Å².